The fraction of sp³-hybridized carbons (Fsp3) is 0.462. The third kappa shape index (κ3) is 3.07. The molecule has 0 radical (unpaired) electrons. The lowest BCUT2D eigenvalue weighted by atomic mass is 9.91. The second-order valence-electron chi connectivity index (χ2n) is 5.01. The molecule has 1 unspecified atom stereocenters. The van der Waals surface area contributed by atoms with Crippen LogP contribution in [0, 0.1) is 5.92 Å². The van der Waals surface area contributed by atoms with Gasteiger partial charge in [-0.05, 0) is 36.3 Å². The van der Waals surface area contributed by atoms with Crippen molar-refractivity contribution in [2.75, 3.05) is 6.26 Å². The summed E-state index contributed by atoms with van der Waals surface area (Å²) in [4.78, 5) is 10.8. The summed E-state index contributed by atoms with van der Waals surface area (Å²) in [7, 11) is -3.59. The monoisotopic (exact) mass is 284 g/mol. The predicted octanol–water partition coefficient (Wildman–Crippen LogP) is 1.76. The lowest BCUT2D eigenvalue weighted by Gasteiger charge is -2.18. The molecule has 2 rings (SSSR count). The number of phenolic OH excluding ortho intramolecular Hbond substituents is 1. The van der Waals surface area contributed by atoms with E-state index in [4.69, 9.17) is 5.11 Å². The minimum absolute atomic E-state index is 0.114. The van der Waals surface area contributed by atoms with E-state index in [1.807, 2.05) is 0 Å². The third-order valence-electron chi connectivity index (χ3n) is 3.38. The van der Waals surface area contributed by atoms with Crippen LogP contribution in [0.1, 0.15) is 30.7 Å². The molecule has 0 spiro atoms. The maximum atomic E-state index is 11.8. The number of hydrogen-bond acceptors (Lipinski definition) is 4. The van der Waals surface area contributed by atoms with Crippen molar-refractivity contribution in [1.29, 1.82) is 0 Å². The Balaban J connectivity index is 2.53. The number of benzene rings is 1. The molecule has 104 valence electrons. The Kier molecular flexibility index (Phi) is 3.54. The Morgan fingerprint density at radius 1 is 1.42 bits per heavy atom. The third-order valence-corrected chi connectivity index (χ3v) is 4.57. The molecule has 0 aromatic heterocycles. The van der Waals surface area contributed by atoms with Gasteiger partial charge < -0.3 is 10.2 Å². The number of carbonyl (C=O) groups is 1. The molecule has 6 heteroatoms. The quantitative estimate of drug-likeness (QED) is 0.859. The van der Waals surface area contributed by atoms with Crippen LogP contribution in [0.25, 0.3) is 0 Å². The van der Waals surface area contributed by atoms with Crippen molar-refractivity contribution >= 4 is 15.8 Å². The van der Waals surface area contributed by atoms with Crippen molar-refractivity contribution in [3.05, 3.63) is 23.8 Å². The Labute approximate surface area is 111 Å². The number of phenols is 1. The van der Waals surface area contributed by atoms with E-state index in [9.17, 15) is 18.3 Å². The van der Waals surface area contributed by atoms with E-state index in [-0.39, 0.29) is 28.9 Å². The minimum Gasteiger partial charge on any atom is -0.507 e. The van der Waals surface area contributed by atoms with Crippen LogP contribution in [0.3, 0.4) is 0 Å². The molecular weight excluding hydrogens is 268 g/mol. The molecule has 1 fully saturated rings. The molecule has 0 amide bonds. The largest absolute Gasteiger partial charge is 0.507 e. The van der Waals surface area contributed by atoms with E-state index in [1.165, 1.54) is 6.07 Å². The predicted molar refractivity (Wildman–Crippen MR) is 68.9 cm³/mol. The van der Waals surface area contributed by atoms with E-state index in [0.29, 0.717) is 5.56 Å². The van der Waals surface area contributed by atoms with Gasteiger partial charge in [-0.2, -0.15) is 0 Å². The number of sulfone groups is 1. The van der Waals surface area contributed by atoms with Crippen LogP contribution < -0.4 is 0 Å². The van der Waals surface area contributed by atoms with Gasteiger partial charge in [0.05, 0.1) is 6.42 Å². The highest BCUT2D eigenvalue weighted by Gasteiger charge is 2.36. The summed E-state index contributed by atoms with van der Waals surface area (Å²) in [5, 5.41) is 18.8. The first-order valence-electron chi connectivity index (χ1n) is 6.04. The molecule has 1 atom stereocenters. The topological polar surface area (TPSA) is 91.7 Å². The van der Waals surface area contributed by atoms with E-state index < -0.39 is 15.8 Å². The van der Waals surface area contributed by atoms with Crippen molar-refractivity contribution in [1.82, 2.24) is 0 Å². The van der Waals surface area contributed by atoms with Gasteiger partial charge in [-0.1, -0.05) is 12.1 Å². The van der Waals surface area contributed by atoms with Crippen LogP contribution >= 0.6 is 0 Å². The van der Waals surface area contributed by atoms with Gasteiger partial charge in [0.25, 0.3) is 0 Å². The highest BCUT2D eigenvalue weighted by Crippen LogP contribution is 2.47. The molecule has 5 nitrogen and oxygen atoms in total. The molecule has 19 heavy (non-hydrogen) atoms. The highest BCUT2D eigenvalue weighted by atomic mass is 32.2. The van der Waals surface area contributed by atoms with Gasteiger partial charge in [-0.15, -0.1) is 0 Å². The summed E-state index contributed by atoms with van der Waals surface area (Å²) < 4.78 is 23.6. The van der Waals surface area contributed by atoms with Gasteiger partial charge in [0.15, 0.2) is 9.84 Å². The van der Waals surface area contributed by atoms with Crippen molar-refractivity contribution in [2.24, 2.45) is 5.92 Å². The number of carboxylic acids is 1. The zero-order chi connectivity index (χ0) is 14.2. The number of hydrogen-bond donors (Lipinski definition) is 2. The first-order valence-corrected chi connectivity index (χ1v) is 7.93. The fourth-order valence-electron chi connectivity index (χ4n) is 2.46. The summed E-state index contributed by atoms with van der Waals surface area (Å²) in [6, 6.07) is 4.46. The van der Waals surface area contributed by atoms with E-state index >= 15 is 0 Å². The summed E-state index contributed by atoms with van der Waals surface area (Å²) in [6.07, 6.45) is 2.71. The number of aromatic hydroxyl groups is 1. The van der Waals surface area contributed by atoms with Gasteiger partial charge in [-0.25, -0.2) is 8.42 Å². The maximum absolute atomic E-state index is 11.8. The smallest absolute Gasteiger partial charge is 0.303 e. The molecule has 0 bridgehead atoms. The second kappa shape index (κ2) is 4.85. The minimum atomic E-state index is -3.59. The molecule has 1 saturated carbocycles. The number of rotatable bonds is 5. The number of carboxylic acid groups (broad SMARTS) is 1. The van der Waals surface area contributed by atoms with Gasteiger partial charge in [-0.3, -0.25) is 4.79 Å². The first kappa shape index (κ1) is 13.9. The lowest BCUT2D eigenvalue weighted by molar-refractivity contribution is -0.137. The van der Waals surface area contributed by atoms with Gasteiger partial charge in [0.2, 0.25) is 0 Å². The molecule has 0 saturated heterocycles. The molecule has 1 aliphatic carbocycles. The average molecular weight is 284 g/mol. The first-order chi connectivity index (χ1) is 8.80. The Morgan fingerprint density at radius 2 is 2.05 bits per heavy atom. The van der Waals surface area contributed by atoms with Crippen LogP contribution in [0.4, 0.5) is 0 Å². The molecule has 2 N–H and O–H groups in total. The Hall–Kier alpha value is -1.56. The Bertz CT molecular complexity index is 601. The number of aliphatic carboxylic acids is 1. The zero-order valence-electron chi connectivity index (χ0n) is 10.5. The lowest BCUT2D eigenvalue weighted by Crippen LogP contribution is -2.13. The maximum Gasteiger partial charge on any atom is 0.303 e. The zero-order valence-corrected chi connectivity index (χ0v) is 11.4. The Morgan fingerprint density at radius 3 is 2.53 bits per heavy atom. The fourth-order valence-corrected chi connectivity index (χ4v) is 3.55. The van der Waals surface area contributed by atoms with Crippen LogP contribution in [0.15, 0.2) is 23.1 Å². The molecule has 1 aromatic rings. The van der Waals surface area contributed by atoms with E-state index in [2.05, 4.69) is 0 Å². The SMILES string of the molecule is CS(=O)(=O)c1c(O)cccc1C(CC(=O)O)C1CC1. The van der Waals surface area contributed by atoms with E-state index in [0.717, 1.165) is 19.1 Å². The molecule has 1 aliphatic rings. The average Bonchev–Trinajstić information content (AvgIpc) is 3.07. The summed E-state index contributed by atoms with van der Waals surface area (Å²) in [5.74, 6) is -1.43. The van der Waals surface area contributed by atoms with Gasteiger partial charge >= 0.3 is 5.97 Å². The standard InChI is InChI=1S/C13H16O5S/c1-19(17,18)13-9(3-2-4-11(13)14)10(7-12(15)16)8-5-6-8/h2-4,8,10,14H,5-7H2,1H3,(H,15,16). The van der Waals surface area contributed by atoms with Crippen LogP contribution in [-0.2, 0) is 14.6 Å². The van der Waals surface area contributed by atoms with Gasteiger partial charge in [0, 0.05) is 6.26 Å². The summed E-state index contributed by atoms with van der Waals surface area (Å²) >= 11 is 0. The summed E-state index contributed by atoms with van der Waals surface area (Å²) in [6.45, 7) is 0. The molecule has 0 aliphatic heterocycles. The van der Waals surface area contributed by atoms with E-state index in [1.54, 1.807) is 12.1 Å². The van der Waals surface area contributed by atoms with Crippen molar-refractivity contribution in [2.45, 2.75) is 30.1 Å². The highest BCUT2D eigenvalue weighted by molar-refractivity contribution is 7.90. The summed E-state index contributed by atoms with van der Waals surface area (Å²) in [5.41, 5.74) is 0.424. The van der Waals surface area contributed by atoms with Crippen LogP contribution in [-0.4, -0.2) is 30.9 Å². The van der Waals surface area contributed by atoms with Crippen molar-refractivity contribution in [3.63, 3.8) is 0 Å². The molecule has 0 heterocycles. The molecule has 1 aromatic carbocycles. The van der Waals surface area contributed by atoms with Crippen molar-refractivity contribution < 1.29 is 23.4 Å². The van der Waals surface area contributed by atoms with Crippen LogP contribution in [0.5, 0.6) is 5.75 Å². The van der Waals surface area contributed by atoms with Gasteiger partial charge in [0.1, 0.15) is 10.6 Å². The van der Waals surface area contributed by atoms with Crippen LogP contribution in [0.2, 0.25) is 0 Å². The van der Waals surface area contributed by atoms with Crippen molar-refractivity contribution in [3.8, 4) is 5.75 Å². The second-order valence-corrected chi connectivity index (χ2v) is 6.96. The normalized spacial score (nSPS) is 17.1. The molecular formula is C13H16O5S.